The zero-order valence-corrected chi connectivity index (χ0v) is 15.6. The Bertz CT molecular complexity index is 1010. The van der Waals surface area contributed by atoms with E-state index >= 15 is 0 Å². The lowest BCUT2D eigenvalue weighted by Gasteiger charge is -2.11. The molecule has 0 radical (unpaired) electrons. The first-order valence-electron chi connectivity index (χ1n) is 8.65. The summed E-state index contributed by atoms with van der Waals surface area (Å²) in [5, 5.41) is 14.9. The first kappa shape index (κ1) is 18.6. The predicted molar refractivity (Wildman–Crippen MR) is 106 cm³/mol. The van der Waals surface area contributed by atoms with Gasteiger partial charge in [-0.15, -0.1) is 0 Å². The number of hydrogen-bond donors (Lipinski definition) is 1. The van der Waals surface area contributed by atoms with Crippen LogP contribution in [-0.2, 0) is 6.54 Å². The molecule has 0 saturated heterocycles. The van der Waals surface area contributed by atoms with Crippen LogP contribution in [0.4, 0.5) is 11.4 Å². The fourth-order valence-corrected chi connectivity index (χ4v) is 2.93. The van der Waals surface area contributed by atoms with Gasteiger partial charge in [0.15, 0.2) is 0 Å². The summed E-state index contributed by atoms with van der Waals surface area (Å²) in [4.78, 5) is 25.2. The Balaban J connectivity index is 1.79. The van der Waals surface area contributed by atoms with Crippen molar-refractivity contribution in [3.8, 4) is 0 Å². The van der Waals surface area contributed by atoms with E-state index in [1.807, 2.05) is 44.6 Å². The van der Waals surface area contributed by atoms with Crippen molar-refractivity contribution in [2.75, 3.05) is 26.0 Å². The minimum Gasteiger partial charge on any atom is -0.346 e. The number of nitrogens with one attached hydrogen (secondary N) is 1. The largest absolute Gasteiger partial charge is 0.346 e. The number of rotatable bonds is 6. The summed E-state index contributed by atoms with van der Waals surface area (Å²) in [6.07, 6.45) is 2.03. The van der Waals surface area contributed by atoms with E-state index in [4.69, 9.17) is 0 Å². The zero-order valence-electron chi connectivity index (χ0n) is 15.6. The molecule has 1 amide bonds. The summed E-state index contributed by atoms with van der Waals surface area (Å²) >= 11 is 0. The lowest BCUT2D eigenvalue weighted by Crippen LogP contribution is -2.17. The van der Waals surface area contributed by atoms with E-state index in [9.17, 15) is 14.9 Å². The summed E-state index contributed by atoms with van der Waals surface area (Å²) in [6.45, 7) is 3.47. The molecule has 3 rings (SSSR count). The first-order valence-corrected chi connectivity index (χ1v) is 8.65. The molecule has 0 unspecified atom stereocenters. The van der Waals surface area contributed by atoms with E-state index in [1.165, 1.54) is 6.07 Å². The van der Waals surface area contributed by atoms with Gasteiger partial charge in [0.25, 0.3) is 11.6 Å². The molecule has 27 heavy (non-hydrogen) atoms. The number of nitrogens with zero attached hydrogens (tertiary/aromatic N) is 3. The topological polar surface area (TPSA) is 80.4 Å². The summed E-state index contributed by atoms with van der Waals surface area (Å²) in [5.74, 6) is -0.371. The van der Waals surface area contributed by atoms with Crippen LogP contribution in [0.3, 0.4) is 0 Å². The quantitative estimate of drug-likeness (QED) is 0.533. The molecule has 7 heteroatoms. The molecule has 1 aromatic heterocycles. The van der Waals surface area contributed by atoms with Crippen molar-refractivity contribution in [2.45, 2.75) is 13.5 Å². The van der Waals surface area contributed by atoms with Gasteiger partial charge in [0.05, 0.1) is 4.92 Å². The third-order valence-corrected chi connectivity index (χ3v) is 4.49. The molecule has 0 fully saturated rings. The number of carbonyl (C=O) groups is 1. The minimum absolute atomic E-state index is 0.0592. The van der Waals surface area contributed by atoms with Gasteiger partial charge in [0.2, 0.25) is 0 Å². The zero-order chi connectivity index (χ0) is 19.6. The number of aryl methyl sites for hydroxylation is 1. The van der Waals surface area contributed by atoms with Crippen LogP contribution in [0.25, 0.3) is 10.9 Å². The van der Waals surface area contributed by atoms with Crippen molar-refractivity contribution < 1.29 is 9.72 Å². The Morgan fingerprint density at radius 2 is 1.96 bits per heavy atom. The van der Waals surface area contributed by atoms with Crippen LogP contribution in [0.1, 0.15) is 15.9 Å². The SMILES string of the molecule is Cc1ccc(C(=O)Nc2ccc3c(ccn3CCN(C)C)c2)cc1[N+](=O)[O-]. The highest BCUT2D eigenvalue weighted by Crippen LogP contribution is 2.23. The van der Waals surface area contributed by atoms with Crippen molar-refractivity contribution in [3.63, 3.8) is 0 Å². The van der Waals surface area contributed by atoms with E-state index in [0.29, 0.717) is 11.3 Å². The molecular formula is C20H22N4O3. The van der Waals surface area contributed by atoms with Crippen LogP contribution in [0.2, 0.25) is 0 Å². The Morgan fingerprint density at radius 1 is 1.19 bits per heavy atom. The van der Waals surface area contributed by atoms with Crippen LogP contribution < -0.4 is 5.32 Å². The Kier molecular flexibility index (Phi) is 5.23. The number of benzene rings is 2. The molecule has 0 saturated carbocycles. The molecule has 7 nitrogen and oxygen atoms in total. The fraction of sp³-hybridized carbons (Fsp3) is 0.250. The highest BCUT2D eigenvalue weighted by atomic mass is 16.6. The summed E-state index contributed by atoms with van der Waals surface area (Å²) in [7, 11) is 4.07. The van der Waals surface area contributed by atoms with E-state index in [0.717, 1.165) is 24.0 Å². The molecule has 0 spiro atoms. The average Bonchev–Trinajstić information content (AvgIpc) is 3.02. The number of aromatic nitrogens is 1. The number of hydrogen-bond acceptors (Lipinski definition) is 4. The number of carbonyl (C=O) groups excluding carboxylic acids is 1. The molecule has 0 aliphatic carbocycles. The predicted octanol–water partition coefficient (Wildman–Crippen LogP) is 3.67. The van der Waals surface area contributed by atoms with Crippen molar-refractivity contribution in [1.82, 2.24) is 9.47 Å². The van der Waals surface area contributed by atoms with Crippen LogP contribution >= 0.6 is 0 Å². The average molecular weight is 366 g/mol. The van der Waals surface area contributed by atoms with Crippen LogP contribution in [-0.4, -0.2) is 40.9 Å². The lowest BCUT2D eigenvalue weighted by molar-refractivity contribution is -0.385. The lowest BCUT2D eigenvalue weighted by atomic mass is 10.1. The molecule has 0 aliphatic rings. The van der Waals surface area contributed by atoms with Crippen molar-refractivity contribution >= 4 is 28.2 Å². The Hall–Kier alpha value is -3.19. The van der Waals surface area contributed by atoms with Gasteiger partial charge >= 0.3 is 0 Å². The molecule has 0 bridgehead atoms. The maximum Gasteiger partial charge on any atom is 0.273 e. The number of amides is 1. The van der Waals surface area contributed by atoms with E-state index < -0.39 is 4.92 Å². The second-order valence-electron chi connectivity index (χ2n) is 6.80. The molecule has 140 valence electrons. The van der Waals surface area contributed by atoms with Crippen LogP contribution in [0.15, 0.2) is 48.7 Å². The van der Waals surface area contributed by atoms with Gasteiger partial charge < -0.3 is 14.8 Å². The molecule has 1 heterocycles. The molecular weight excluding hydrogens is 344 g/mol. The van der Waals surface area contributed by atoms with Gasteiger partial charge in [0.1, 0.15) is 0 Å². The van der Waals surface area contributed by atoms with E-state index in [1.54, 1.807) is 19.1 Å². The number of nitro groups is 1. The normalized spacial score (nSPS) is 11.1. The van der Waals surface area contributed by atoms with Gasteiger partial charge in [-0.3, -0.25) is 14.9 Å². The number of anilines is 1. The number of fused-ring (bicyclic) bond motifs is 1. The third-order valence-electron chi connectivity index (χ3n) is 4.49. The number of nitro benzene ring substituents is 1. The third kappa shape index (κ3) is 4.15. The minimum atomic E-state index is -0.478. The second-order valence-corrected chi connectivity index (χ2v) is 6.80. The highest BCUT2D eigenvalue weighted by Gasteiger charge is 2.15. The van der Waals surface area contributed by atoms with Gasteiger partial charge in [0, 0.05) is 53.1 Å². The van der Waals surface area contributed by atoms with Crippen molar-refractivity contribution in [3.05, 3.63) is 69.9 Å². The summed E-state index contributed by atoms with van der Waals surface area (Å²) in [5.41, 5.74) is 2.48. The smallest absolute Gasteiger partial charge is 0.273 e. The Morgan fingerprint density at radius 3 is 2.67 bits per heavy atom. The van der Waals surface area contributed by atoms with E-state index in [-0.39, 0.29) is 17.2 Å². The van der Waals surface area contributed by atoms with Crippen LogP contribution in [0, 0.1) is 17.0 Å². The molecule has 0 atom stereocenters. The van der Waals surface area contributed by atoms with Gasteiger partial charge in [-0.25, -0.2) is 0 Å². The monoisotopic (exact) mass is 366 g/mol. The van der Waals surface area contributed by atoms with E-state index in [2.05, 4.69) is 14.8 Å². The van der Waals surface area contributed by atoms with Gasteiger partial charge in [-0.1, -0.05) is 6.07 Å². The van der Waals surface area contributed by atoms with Crippen molar-refractivity contribution in [2.24, 2.45) is 0 Å². The molecule has 2 aromatic carbocycles. The maximum atomic E-state index is 12.5. The molecule has 0 aliphatic heterocycles. The molecule has 1 N–H and O–H groups in total. The highest BCUT2D eigenvalue weighted by molar-refractivity contribution is 6.05. The molecule has 3 aromatic rings. The number of likely N-dealkylation sites (N-methyl/N-ethyl adjacent to an activating group) is 1. The Labute approximate surface area is 157 Å². The summed E-state index contributed by atoms with van der Waals surface area (Å²) in [6, 6.07) is 12.2. The second kappa shape index (κ2) is 7.59. The van der Waals surface area contributed by atoms with Gasteiger partial charge in [-0.2, -0.15) is 0 Å². The summed E-state index contributed by atoms with van der Waals surface area (Å²) < 4.78 is 2.17. The van der Waals surface area contributed by atoms with Crippen LogP contribution in [0.5, 0.6) is 0 Å². The van der Waals surface area contributed by atoms with Crippen molar-refractivity contribution in [1.29, 1.82) is 0 Å². The first-order chi connectivity index (χ1) is 12.8. The fourth-order valence-electron chi connectivity index (χ4n) is 2.93. The standard InChI is InChI=1S/C20H22N4O3/c1-14-4-5-16(13-19(14)24(26)27)20(25)21-17-6-7-18-15(12-17)8-9-23(18)11-10-22(2)3/h4-9,12-13H,10-11H2,1-3H3,(H,21,25). The van der Waals surface area contributed by atoms with Gasteiger partial charge in [-0.05, 0) is 51.4 Å². The maximum absolute atomic E-state index is 12.5.